The lowest BCUT2D eigenvalue weighted by Gasteiger charge is -2.07. The number of carbonyl (C=O) groups is 1. The van der Waals surface area contributed by atoms with Gasteiger partial charge in [0, 0.05) is 24.1 Å². The molecular weight excluding hydrogens is 321 g/mol. The Morgan fingerprint density at radius 1 is 1.12 bits per heavy atom. The highest BCUT2D eigenvalue weighted by Gasteiger charge is 2.11. The summed E-state index contributed by atoms with van der Waals surface area (Å²) in [6.07, 6.45) is 0.539. The predicted molar refractivity (Wildman–Crippen MR) is 92.6 cm³/mol. The third kappa shape index (κ3) is 4.29. The third-order valence-corrected chi connectivity index (χ3v) is 3.79. The molecule has 1 heterocycles. The van der Waals surface area contributed by atoms with Gasteiger partial charge in [-0.15, -0.1) is 10.2 Å². The number of anilines is 1. The van der Waals surface area contributed by atoms with Gasteiger partial charge in [0.15, 0.2) is 0 Å². The number of nitrogens with zero attached hydrogens (tertiary/aromatic N) is 2. The van der Waals surface area contributed by atoms with Crippen LogP contribution in [0.4, 0.5) is 10.1 Å². The number of nitrogens with one attached hydrogen (secondary N) is 1. The molecule has 0 unspecified atom stereocenters. The van der Waals surface area contributed by atoms with Crippen molar-refractivity contribution in [3.63, 3.8) is 0 Å². The molecule has 2 aromatic carbocycles. The molecule has 1 N–H and O–H groups in total. The van der Waals surface area contributed by atoms with Crippen LogP contribution in [-0.4, -0.2) is 16.1 Å². The van der Waals surface area contributed by atoms with E-state index in [4.69, 9.17) is 4.42 Å². The van der Waals surface area contributed by atoms with Crippen molar-refractivity contribution in [1.82, 2.24) is 10.2 Å². The van der Waals surface area contributed by atoms with Crippen molar-refractivity contribution in [2.75, 3.05) is 5.32 Å². The van der Waals surface area contributed by atoms with E-state index in [-0.39, 0.29) is 18.1 Å². The summed E-state index contributed by atoms with van der Waals surface area (Å²) in [4.78, 5) is 12.0. The van der Waals surface area contributed by atoms with Crippen molar-refractivity contribution in [2.45, 2.75) is 26.7 Å². The van der Waals surface area contributed by atoms with Crippen LogP contribution < -0.4 is 5.32 Å². The van der Waals surface area contributed by atoms with Gasteiger partial charge in [0.2, 0.25) is 17.7 Å². The summed E-state index contributed by atoms with van der Waals surface area (Å²) in [6.45, 7) is 3.75. The molecule has 5 nitrogen and oxygen atoms in total. The molecule has 0 aliphatic heterocycles. The van der Waals surface area contributed by atoms with E-state index in [2.05, 4.69) is 15.5 Å². The summed E-state index contributed by atoms with van der Waals surface area (Å²) in [7, 11) is 0. The van der Waals surface area contributed by atoms with Crippen molar-refractivity contribution < 1.29 is 13.6 Å². The zero-order valence-electron chi connectivity index (χ0n) is 14.0. The molecule has 0 aliphatic carbocycles. The minimum absolute atomic E-state index is 0.190. The zero-order chi connectivity index (χ0) is 17.8. The van der Waals surface area contributed by atoms with E-state index in [1.165, 1.54) is 12.1 Å². The van der Waals surface area contributed by atoms with Gasteiger partial charge in [-0.3, -0.25) is 4.79 Å². The Hall–Kier alpha value is -3.02. The largest absolute Gasteiger partial charge is 0.421 e. The van der Waals surface area contributed by atoms with Gasteiger partial charge in [0.25, 0.3) is 0 Å². The molecule has 128 valence electrons. The molecule has 3 rings (SSSR count). The quantitative estimate of drug-likeness (QED) is 0.761. The van der Waals surface area contributed by atoms with Crippen LogP contribution in [0, 0.1) is 19.7 Å². The number of aryl methyl sites for hydroxylation is 3. The summed E-state index contributed by atoms with van der Waals surface area (Å²) in [5, 5.41) is 10.7. The zero-order valence-corrected chi connectivity index (χ0v) is 14.0. The van der Waals surface area contributed by atoms with Crippen LogP contribution in [-0.2, 0) is 11.2 Å². The molecule has 0 fully saturated rings. The molecule has 1 aromatic heterocycles. The van der Waals surface area contributed by atoms with Gasteiger partial charge >= 0.3 is 0 Å². The first kappa shape index (κ1) is 16.8. The summed E-state index contributed by atoms with van der Waals surface area (Å²) >= 11 is 0. The van der Waals surface area contributed by atoms with Gasteiger partial charge in [-0.05, 0) is 49.7 Å². The van der Waals surface area contributed by atoms with E-state index in [9.17, 15) is 9.18 Å². The molecule has 3 aromatic rings. The van der Waals surface area contributed by atoms with E-state index in [1.54, 1.807) is 13.0 Å². The number of benzene rings is 2. The molecule has 0 spiro atoms. The van der Waals surface area contributed by atoms with Crippen LogP contribution in [0.25, 0.3) is 11.5 Å². The smallest absolute Gasteiger partial charge is 0.247 e. The SMILES string of the molecule is Cc1ccc(-c2nnc(CCC(=O)Nc3ccc(F)cc3C)o2)cc1. The maximum atomic E-state index is 13.1. The van der Waals surface area contributed by atoms with Crippen LogP contribution in [0.2, 0.25) is 0 Å². The van der Waals surface area contributed by atoms with Crippen LogP contribution in [0.5, 0.6) is 0 Å². The highest BCUT2D eigenvalue weighted by atomic mass is 19.1. The van der Waals surface area contributed by atoms with Crippen LogP contribution in [0.1, 0.15) is 23.4 Å². The summed E-state index contributed by atoms with van der Waals surface area (Å²) in [5.41, 5.74) is 3.26. The van der Waals surface area contributed by atoms with Gasteiger partial charge in [0.1, 0.15) is 5.82 Å². The van der Waals surface area contributed by atoms with Crippen molar-refractivity contribution in [2.24, 2.45) is 0 Å². The third-order valence-electron chi connectivity index (χ3n) is 3.79. The fraction of sp³-hybridized carbons (Fsp3) is 0.211. The fourth-order valence-corrected chi connectivity index (χ4v) is 2.37. The Labute approximate surface area is 144 Å². The Kier molecular flexibility index (Phi) is 4.88. The first-order chi connectivity index (χ1) is 12.0. The van der Waals surface area contributed by atoms with Crippen LogP contribution in [0.3, 0.4) is 0 Å². The number of aromatic nitrogens is 2. The Morgan fingerprint density at radius 3 is 2.60 bits per heavy atom. The highest BCUT2D eigenvalue weighted by Crippen LogP contribution is 2.19. The van der Waals surface area contributed by atoms with Crippen molar-refractivity contribution >= 4 is 11.6 Å². The molecule has 0 radical (unpaired) electrons. The number of hydrogen-bond donors (Lipinski definition) is 1. The van der Waals surface area contributed by atoms with E-state index < -0.39 is 0 Å². The van der Waals surface area contributed by atoms with Crippen molar-refractivity contribution in [3.05, 3.63) is 65.3 Å². The van der Waals surface area contributed by atoms with E-state index in [0.29, 0.717) is 29.5 Å². The Balaban J connectivity index is 1.58. The molecule has 6 heteroatoms. The minimum Gasteiger partial charge on any atom is -0.421 e. The average molecular weight is 339 g/mol. The van der Waals surface area contributed by atoms with Gasteiger partial charge in [0.05, 0.1) is 0 Å². The lowest BCUT2D eigenvalue weighted by Crippen LogP contribution is -2.13. The lowest BCUT2D eigenvalue weighted by atomic mass is 10.1. The highest BCUT2D eigenvalue weighted by molar-refractivity contribution is 5.91. The second-order valence-electron chi connectivity index (χ2n) is 5.87. The normalized spacial score (nSPS) is 10.7. The summed E-state index contributed by atoms with van der Waals surface area (Å²) in [5.74, 6) is 0.320. The summed E-state index contributed by atoms with van der Waals surface area (Å²) in [6, 6.07) is 12.0. The number of hydrogen-bond acceptors (Lipinski definition) is 4. The predicted octanol–water partition coefficient (Wildman–Crippen LogP) is 4.06. The molecule has 0 bridgehead atoms. The van der Waals surface area contributed by atoms with Crippen LogP contribution in [0.15, 0.2) is 46.9 Å². The Morgan fingerprint density at radius 2 is 1.88 bits per heavy atom. The van der Waals surface area contributed by atoms with Gasteiger partial charge in [-0.1, -0.05) is 17.7 Å². The molecular formula is C19H18FN3O2. The van der Waals surface area contributed by atoms with Crippen molar-refractivity contribution in [3.8, 4) is 11.5 Å². The standard InChI is InChI=1S/C19H18FN3O2/c1-12-3-5-14(6-4-12)19-23-22-18(25-19)10-9-17(24)21-16-8-7-15(20)11-13(16)2/h3-8,11H,9-10H2,1-2H3,(H,21,24). The topological polar surface area (TPSA) is 68.0 Å². The maximum absolute atomic E-state index is 13.1. The van der Waals surface area contributed by atoms with E-state index in [0.717, 1.165) is 11.1 Å². The molecule has 0 aliphatic rings. The first-order valence-electron chi connectivity index (χ1n) is 7.97. The molecule has 0 saturated carbocycles. The average Bonchev–Trinajstić information content (AvgIpc) is 3.05. The number of carbonyl (C=O) groups excluding carboxylic acids is 1. The first-order valence-corrected chi connectivity index (χ1v) is 7.97. The van der Waals surface area contributed by atoms with Gasteiger partial charge < -0.3 is 9.73 Å². The maximum Gasteiger partial charge on any atom is 0.247 e. The van der Waals surface area contributed by atoms with E-state index in [1.807, 2.05) is 31.2 Å². The van der Waals surface area contributed by atoms with Gasteiger partial charge in [-0.25, -0.2) is 4.39 Å². The lowest BCUT2D eigenvalue weighted by molar-refractivity contribution is -0.116. The van der Waals surface area contributed by atoms with Gasteiger partial charge in [-0.2, -0.15) is 0 Å². The minimum atomic E-state index is -0.329. The molecule has 25 heavy (non-hydrogen) atoms. The fourth-order valence-electron chi connectivity index (χ4n) is 2.37. The number of amides is 1. The second-order valence-corrected chi connectivity index (χ2v) is 5.87. The van der Waals surface area contributed by atoms with Crippen molar-refractivity contribution in [1.29, 1.82) is 0 Å². The Bertz CT molecular complexity index is 888. The van der Waals surface area contributed by atoms with E-state index >= 15 is 0 Å². The van der Waals surface area contributed by atoms with Crippen LogP contribution >= 0.6 is 0 Å². The molecule has 0 atom stereocenters. The molecule has 1 amide bonds. The second kappa shape index (κ2) is 7.25. The number of rotatable bonds is 5. The molecule has 0 saturated heterocycles. The number of halogens is 1. The monoisotopic (exact) mass is 339 g/mol. The summed E-state index contributed by atoms with van der Waals surface area (Å²) < 4.78 is 18.7.